The molecule has 0 saturated carbocycles. The lowest BCUT2D eigenvalue weighted by atomic mass is 9.96. The van der Waals surface area contributed by atoms with Gasteiger partial charge in [-0.05, 0) is 35.4 Å². The molecule has 1 amide bonds. The van der Waals surface area contributed by atoms with Gasteiger partial charge in [-0.2, -0.15) is 0 Å². The smallest absolute Gasteiger partial charge is 0.254 e. The third kappa shape index (κ3) is 3.98. The van der Waals surface area contributed by atoms with E-state index in [0.29, 0.717) is 27.7 Å². The van der Waals surface area contributed by atoms with Crippen LogP contribution < -0.4 is 5.32 Å². The highest BCUT2D eigenvalue weighted by Crippen LogP contribution is 2.36. The van der Waals surface area contributed by atoms with Crippen LogP contribution in [0.25, 0.3) is 0 Å². The summed E-state index contributed by atoms with van der Waals surface area (Å²) in [6, 6.07) is 14.9. The van der Waals surface area contributed by atoms with Gasteiger partial charge in [0, 0.05) is 11.0 Å². The number of hydrogen-bond acceptors (Lipinski definition) is 3. The van der Waals surface area contributed by atoms with Gasteiger partial charge >= 0.3 is 0 Å². The minimum atomic E-state index is -0.832. The molecule has 0 aromatic heterocycles. The van der Waals surface area contributed by atoms with Crippen LogP contribution in [0, 0.1) is 5.82 Å². The van der Waals surface area contributed by atoms with Gasteiger partial charge in [-0.1, -0.05) is 46.3 Å². The molecule has 0 aliphatic carbocycles. The number of ether oxygens (including phenoxy) is 1. The van der Waals surface area contributed by atoms with Gasteiger partial charge in [0.25, 0.3) is 5.91 Å². The van der Waals surface area contributed by atoms with Crippen LogP contribution in [0.4, 0.5) is 10.1 Å². The highest BCUT2D eigenvalue weighted by Gasteiger charge is 2.35. The zero-order valence-electron chi connectivity index (χ0n) is 13.3. The normalized spacial score (nSPS) is 18.3. The lowest BCUT2D eigenvalue weighted by molar-refractivity contribution is -0.113. The molecule has 4 nitrogen and oxygen atoms in total. The van der Waals surface area contributed by atoms with Crippen LogP contribution in [0.2, 0.25) is 0 Å². The van der Waals surface area contributed by atoms with Crippen molar-refractivity contribution in [2.24, 2.45) is 0 Å². The van der Waals surface area contributed by atoms with Crippen LogP contribution in [-0.4, -0.2) is 29.1 Å². The van der Waals surface area contributed by atoms with Crippen molar-refractivity contribution in [2.45, 2.75) is 12.2 Å². The van der Waals surface area contributed by atoms with E-state index in [1.54, 1.807) is 24.3 Å². The third-order valence-electron chi connectivity index (χ3n) is 4.01. The second kappa shape index (κ2) is 7.91. The lowest BCUT2D eigenvalue weighted by Gasteiger charge is -2.16. The molecule has 1 heterocycles. The van der Waals surface area contributed by atoms with Crippen LogP contribution in [-0.2, 0) is 9.53 Å². The highest BCUT2D eigenvalue weighted by atomic mass is 79.9. The average molecular weight is 406 g/mol. The van der Waals surface area contributed by atoms with Gasteiger partial charge in [0.2, 0.25) is 0 Å². The zero-order valence-corrected chi connectivity index (χ0v) is 14.9. The molecule has 2 aromatic rings. The highest BCUT2D eigenvalue weighted by molar-refractivity contribution is 9.09. The number of hydrogen-bond donors (Lipinski definition) is 2. The minimum Gasteiger partial charge on any atom is -0.388 e. The second-order valence-corrected chi connectivity index (χ2v) is 6.32. The number of rotatable bonds is 5. The van der Waals surface area contributed by atoms with E-state index in [0.717, 1.165) is 0 Å². The molecule has 0 bridgehead atoms. The standard InChI is InChI=1S/C19H17BrFNO3/c20-10-16(23)15-11-25-18(12-6-8-13(21)9-7-12)17(15)19(24)22-14-4-2-1-3-5-14/h1-9,16,18,23H,10-11H2,(H,22,24). The molecule has 2 unspecified atom stereocenters. The third-order valence-corrected chi connectivity index (χ3v) is 4.62. The Labute approximate surface area is 153 Å². The zero-order chi connectivity index (χ0) is 17.8. The van der Waals surface area contributed by atoms with E-state index in [2.05, 4.69) is 21.2 Å². The van der Waals surface area contributed by atoms with Crippen molar-refractivity contribution >= 4 is 27.5 Å². The summed E-state index contributed by atoms with van der Waals surface area (Å²) in [5, 5.41) is 13.3. The quantitative estimate of drug-likeness (QED) is 0.747. The van der Waals surface area contributed by atoms with E-state index >= 15 is 0 Å². The molecule has 0 radical (unpaired) electrons. The molecular weight excluding hydrogens is 389 g/mol. The van der Waals surface area contributed by atoms with E-state index in [1.165, 1.54) is 12.1 Å². The van der Waals surface area contributed by atoms with Gasteiger partial charge in [-0.3, -0.25) is 4.79 Å². The van der Waals surface area contributed by atoms with E-state index in [-0.39, 0.29) is 18.3 Å². The monoisotopic (exact) mass is 405 g/mol. The number of carbonyl (C=O) groups excluding carboxylic acids is 1. The fourth-order valence-corrected chi connectivity index (χ4v) is 3.15. The van der Waals surface area contributed by atoms with Gasteiger partial charge in [0.05, 0.1) is 18.3 Å². The maximum atomic E-state index is 13.2. The summed E-state index contributed by atoms with van der Waals surface area (Å²) in [6.45, 7) is 0.145. The molecule has 0 spiro atoms. The molecule has 2 aromatic carbocycles. The minimum absolute atomic E-state index is 0.145. The summed E-state index contributed by atoms with van der Waals surface area (Å²) >= 11 is 3.23. The van der Waals surface area contributed by atoms with Crippen molar-refractivity contribution < 1.29 is 19.0 Å². The topological polar surface area (TPSA) is 58.6 Å². The lowest BCUT2D eigenvalue weighted by Crippen LogP contribution is -2.22. The number of para-hydroxylation sites is 1. The first-order chi connectivity index (χ1) is 12.1. The molecule has 25 heavy (non-hydrogen) atoms. The van der Waals surface area contributed by atoms with Crippen molar-refractivity contribution in [1.82, 2.24) is 0 Å². The van der Waals surface area contributed by atoms with Crippen molar-refractivity contribution in [3.05, 3.63) is 77.1 Å². The molecular formula is C19H17BrFNO3. The predicted octanol–water partition coefficient (Wildman–Crippen LogP) is 3.59. The summed E-state index contributed by atoms with van der Waals surface area (Å²) in [4.78, 5) is 12.8. The van der Waals surface area contributed by atoms with Crippen LogP contribution in [0.3, 0.4) is 0 Å². The number of carbonyl (C=O) groups is 1. The van der Waals surface area contributed by atoms with Crippen LogP contribution >= 0.6 is 15.9 Å². The van der Waals surface area contributed by atoms with E-state index in [4.69, 9.17) is 4.74 Å². The second-order valence-electron chi connectivity index (χ2n) is 5.67. The van der Waals surface area contributed by atoms with Crippen molar-refractivity contribution in [3.8, 4) is 0 Å². The fourth-order valence-electron chi connectivity index (χ4n) is 2.76. The number of benzene rings is 2. The van der Waals surface area contributed by atoms with Gasteiger partial charge in [-0.25, -0.2) is 4.39 Å². The molecule has 0 fully saturated rings. The molecule has 2 atom stereocenters. The summed E-state index contributed by atoms with van der Waals surface area (Å²) in [5.41, 5.74) is 2.20. The van der Waals surface area contributed by atoms with Crippen molar-refractivity contribution in [1.29, 1.82) is 0 Å². The van der Waals surface area contributed by atoms with E-state index < -0.39 is 12.2 Å². The van der Waals surface area contributed by atoms with Crippen LogP contribution in [0.1, 0.15) is 11.7 Å². The number of halogens is 2. The first kappa shape index (κ1) is 17.8. The number of nitrogens with one attached hydrogen (secondary N) is 1. The van der Waals surface area contributed by atoms with Gasteiger partial charge in [0.1, 0.15) is 11.9 Å². The number of aliphatic hydroxyl groups excluding tert-OH is 1. The first-order valence-electron chi connectivity index (χ1n) is 7.80. The molecule has 1 aliphatic heterocycles. The van der Waals surface area contributed by atoms with Gasteiger partial charge in [0.15, 0.2) is 0 Å². The Morgan fingerprint density at radius 1 is 1.24 bits per heavy atom. The molecule has 6 heteroatoms. The van der Waals surface area contributed by atoms with E-state index in [1.807, 2.05) is 18.2 Å². The molecule has 0 saturated heterocycles. The number of aliphatic hydroxyl groups is 1. The summed E-state index contributed by atoms with van der Waals surface area (Å²) < 4.78 is 18.9. The Balaban J connectivity index is 1.95. The Hall–Kier alpha value is -2.02. The average Bonchev–Trinajstić information content (AvgIpc) is 3.07. The molecule has 130 valence electrons. The summed E-state index contributed by atoms with van der Waals surface area (Å²) in [6.07, 6.45) is -1.48. The Bertz CT molecular complexity index is 777. The largest absolute Gasteiger partial charge is 0.388 e. The number of alkyl halides is 1. The van der Waals surface area contributed by atoms with Crippen LogP contribution in [0.5, 0.6) is 0 Å². The summed E-state index contributed by atoms with van der Waals surface area (Å²) in [7, 11) is 0. The molecule has 2 N–H and O–H groups in total. The van der Waals surface area contributed by atoms with Crippen molar-refractivity contribution in [2.75, 3.05) is 17.3 Å². The molecule has 1 aliphatic rings. The van der Waals surface area contributed by atoms with Crippen LogP contribution in [0.15, 0.2) is 65.7 Å². The van der Waals surface area contributed by atoms with Gasteiger partial charge in [-0.15, -0.1) is 0 Å². The predicted molar refractivity (Wildman–Crippen MR) is 97.0 cm³/mol. The summed E-state index contributed by atoms with van der Waals surface area (Å²) in [5.74, 6) is -0.699. The first-order valence-corrected chi connectivity index (χ1v) is 8.92. The molecule has 3 rings (SSSR count). The number of amides is 1. The Morgan fingerprint density at radius 2 is 1.92 bits per heavy atom. The van der Waals surface area contributed by atoms with Gasteiger partial charge < -0.3 is 15.2 Å². The maximum absolute atomic E-state index is 13.2. The Kier molecular flexibility index (Phi) is 5.63. The van der Waals surface area contributed by atoms with E-state index in [9.17, 15) is 14.3 Å². The Morgan fingerprint density at radius 3 is 2.56 bits per heavy atom. The van der Waals surface area contributed by atoms with Crippen molar-refractivity contribution in [3.63, 3.8) is 0 Å². The number of anilines is 1. The fraction of sp³-hybridized carbons (Fsp3) is 0.211. The maximum Gasteiger partial charge on any atom is 0.254 e. The SMILES string of the molecule is O=C(Nc1ccccc1)C1=C(C(O)CBr)COC1c1ccc(F)cc1.